The number of nitrogens with zero attached hydrogens (tertiary/aromatic N) is 2. The number of hydrogen-bond donors (Lipinski definition) is 3. The van der Waals surface area contributed by atoms with Crippen molar-refractivity contribution in [2.24, 2.45) is 0 Å². The van der Waals surface area contributed by atoms with Crippen molar-refractivity contribution >= 4 is 43.4 Å². The number of para-hydroxylation sites is 1. The molecule has 0 atom stereocenters. The second-order valence-corrected chi connectivity index (χ2v) is 9.35. The Morgan fingerprint density at radius 2 is 1.42 bits per heavy atom. The van der Waals surface area contributed by atoms with Crippen LogP contribution in [-0.2, 0) is 20.2 Å². The van der Waals surface area contributed by atoms with Crippen molar-refractivity contribution in [3.8, 4) is 11.1 Å². The summed E-state index contributed by atoms with van der Waals surface area (Å²) >= 11 is 0. The zero-order valence-electron chi connectivity index (χ0n) is 15.7. The zero-order valence-corrected chi connectivity index (χ0v) is 17.3. The van der Waals surface area contributed by atoms with Crippen LogP contribution < -0.4 is 0 Å². The van der Waals surface area contributed by atoms with Gasteiger partial charge in [-0.25, -0.2) is 0 Å². The molecule has 4 aromatic rings. The van der Waals surface area contributed by atoms with E-state index in [-0.39, 0.29) is 20.9 Å². The molecule has 1 aromatic heterocycles. The highest BCUT2D eigenvalue weighted by atomic mass is 32.2. The van der Waals surface area contributed by atoms with E-state index in [4.69, 9.17) is 0 Å². The summed E-state index contributed by atoms with van der Waals surface area (Å²) < 4.78 is 66.3. The van der Waals surface area contributed by atoms with E-state index in [9.17, 15) is 25.9 Å². The van der Waals surface area contributed by atoms with E-state index in [0.29, 0.717) is 22.2 Å². The highest BCUT2D eigenvalue weighted by Crippen LogP contribution is 2.30. The minimum absolute atomic E-state index is 0.128. The van der Waals surface area contributed by atoms with Crippen molar-refractivity contribution in [2.45, 2.75) is 9.79 Å². The van der Waals surface area contributed by atoms with Crippen LogP contribution in [0.5, 0.6) is 0 Å². The number of aromatic amines is 1. The van der Waals surface area contributed by atoms with Gasteiger partial charge in [0, 0.05) is 5.56 Å². The molecule has 3 N–H and O–H groups in total. The van der Waals surface area contributed by atoms with Crippen molar-refractivity contribution in [3.05, 3.63) is 71.8 Å². The molecule has 158 valence electrons. The number of fused-ring (bicyclic) bond motifs is 1. The lowest BCUT2D eigenvalue weighted by Gasteiger charge is -2.08. The van der Waals surface area contributed by atoms with Crippen molar-refractivity contribution < 1.29 is 25.9 Å². The first-order valence-electron chi connectivity index (χ1n) is 8.80. The van der Waals surface area contributed by atoms with E-state index in [1.54, 1.807) is 30.3 Å². The lowest BCUT2D eigenvalue weighted by atomic mass is 10.0. The average molecular weight is 457 g/mol. The standard InChI is InChI=1S/C20H15N3O6S2/c24-30(25,26)18-7-2-1-4-13(18)8-9-14-10-11-15(12-19(14)31(27,28)29)16-5-3-6-17-20(16)22-23-21-17/h1-12H,(H,21,22,23)(H,24,25,26)(H,27,28,29)/b9-8+. The molecule has 9 nitrogen and oxygen atoms in total. The Morgan fingerprint density at radius 1 is 0.742 bits per heavy atom. The SMILES string of the molecule is O=S(=O)(O)c1ccccc1/C=C/c1ccc(-c2cccc3n[nH]nc23)cc1S(=O)(=O)O. The van der Waals surface area contributed by atoms with Gasteiger partial charge in [-0.2, -0.15) is 32.2 Å². The predicted octanol–water partition coefficient (Wildman–Crippen LogP) is 3.29. The summed E-state index contributed by atoms with van der Waals surface area (Å²) in [4.78, 5) is -0.694. The van der Waals surface area contributed by atoms with Crippen molar-refractivity contribution in [2.75, 3.05) is 0 Å². The quantitative estimate of drug-likeness (QED) is 0.305. The fraction of sp³-hybridized carbons (Fsp3) is 0. The number of rotatable bonds is 5. The molecule has 0 spiro atoms. The minimum atomic E-state index is -4.61. The van der Waals surface area contributed by atoms with E-state index in [1.165, 1.54) is 42.5 Å². The third-order valence-electron chi connectivity index (χ3n) is 4.59. The zero-order chi connectivity index (χ0) is 22.2. The van der Waals surface area contributed by atoms with Crippen LogP contribution in [0.25, 0.3) is 34.3 Å². The maximum absolute atomic E-state index is 12.0. The number of hydrogen-bond acceptors (Lipinski definition) is 6. The summed E-state index contributed by atoms with van der Waals surface area (Å²) in [6.07, 6.45) is 2.68. The molecule has 0 saturated carbocycles. The van der Waals surface area contributed by atoms with Gasteiger partial charge in [-0.1, -0.05) is 54.6 Å². The highest BCUT2D eigenvalue weighted by Gasteiger charge is 2.18. The molecule has 0 amide bonds. The van der Waals surface area contributed by atoms with Crippen LogP contribution >= 0.6 is 0 Å². The van der Waals surface area contributed by atoms with Crippen LogP contribution in [0.3, 0.4) is 0 Å². The van der Waals surface area contributed by atoms with Gasteiger partial charge in [0.1, 0.15) is 20.8 Å². The lowest BCUT2D eigenvalue weighted by molar-refractivity contribution is 0.480. The molecule has 0 bridgehead atoms. The summed E-state index contributed by atoms with van der Waals surface area (Å²) in [7, 11) is -9.08. The molecule has 4 rings (SSSR count). The molecule has 0 aliphatic rings. The molecule has 3 aromatic carbocycles. The third-order valence-corrected chi connectivity index (χ3v) is 6.43. The average Bonchev–Trinajstić information content (AvgIpc) is 3.20. The summed E-state index contributed by atoms with van der Waals surface area (Å²) in [5.74, 6) is 0. The number of nitrogens with one attached hydrogen (secondary N) is 1. The lowest BCUT2D eigenvalue weighted by Crippen LogP contribution is -2.02. The van der Waals surface area contributed by atoms with Crippen LogP contribution in [0.2, 0.25) is 0 Å². The molecule has 11 heteroatoms. The molecule has 1 heterocycles. The first-order valence-corrected chi connectivity index (χ1v) is 11.7. The largest absolute Gasteiger partial charge is 0.295 e. The molecule has 0 aliphatic carbocycles. The fourth-order valence-corrected chi connectivity index (χ4v) is 4.59. The van der Waals surface area contributed by atoms with E-state index < -0.39 is 20.2 Å². The summed E-state index contributed by atoms with van der Waals surface area (Å²) in [6.45, 7) is 0. The van der Waals surface area contributed by atoms with Gasteiger partial charge in [0.2, 0.25) is 0 Å². The first-order chi connectivity index (χ1) is 14.6. The highest BCUT2D eigenvalue weighted by molar-refractivity contribution is 7.86. The monoisotopic (exact) mass is 457 g/mol. The molecular weight excluding hydrogens is 442 g/mol. The van der Waals surface area contributed by atoms with Crippen LogP contribution in [0.15, 0.2) is 70.5 Å². The second-order valence-electron chi connectivity index (χ2n) is 6.57. The number of benzene rings is 3. The maximum Gasteiger partial charge on any atom is 0.295 e. The Balaban J connectivity index is 1.84. The molecule has 0 aliphatic heterocycles. The van der Waals surface area contributed by atoms with Gasteiger partial charge < -0.3 is 0 Å². The molecule has 0 radical (unpaired) electrons. The van der Waals surface area contributed by atoms with Gasteiger partial charge in [-0.15, -0.1) is 0 Å². The van der Waals surface area contributed by atoms with Gasteiger partial charge >= 0.3 is 0 Å². The normalized spacial score (nSPS) is 12.6. The Kier molecular flexibility index (Phi) is 5.19. The van der Waals surface area contributed by atoms with E-state index in [1.807, 2.05) is 0 Å². The predicted molar refractivity (Wildman–Crippen MR) is 114 cm³/mol. The number of aromatic nitrogens is 3. The molecule has 31 heavy (non-hydrogen) atoms. The second kappa shape index (κ2) is 7.71. The molecular formula is C20H15N3O6S2. The summed E-state index contributed by atoms with van der Waals surface area (Å²) in [6, 6.07) is 15.3. The third kappa shape index (κ3) is 4.25. The number of H-pyrrole nitrogens is 1. The smallest absolute Gasteiger partial charge is 0.282 e. The first kappa shape index (κ1) is 20.9. The topological polar surface area (TPSA) is 150 Å². The summed E-state index contributed by atoms with van der Waals surface area (Å²) in [5, 5.41) is 10.6. The summed E-state index contributed by atoms with van der Waals surface area (Å²) in [5.41, 5.74) is 2.52. The van der Waals surface area contributed by atoms with Gasteiger partial charge in [-0.3, -0.25) is 9.11 Å². The van der Waals surface area contributed by atoms with Gasteiger partial charge in [-0.05, 0) is 34.9 Å². The van der Waals surface area contributed by atoms with Crippen LogP contribution in [0.4, 0.5) is 0 Å². The fourth-order valence-electron chi connectivity index (χ4n) is 3.20. The van der Waals surface area contributed by atoms with Crippen molar-refractivity contribution in [1.29, 1.82) is 0 Å². The van der Waals surface area contributed by atoms with Gasteiger partial charge in [0.15, 0.2) is 0 Å². The molecule has 0 fully saturated rings. The Hall–Kier alpha value is -3.38. The van der Waals surface area contributed by atoms with Crippen LogP contribution in [0, 0.1) is 0 Å². The van der Waals surface area contributed by atoms with Crippen molar-refractivity contribution in [1.82, 2.24) is 15.4 Å². The van der Waals surface area contributed by atoms with E-state index in [2.05, 4.69) is 15.4 Å². The minimum Gasteiger partial charge on any atom is -0.282 e. The molecule has 0 unspecified atom stereocenters. The van der Waals surface area contributed by atoms with Crippen LogP contribution in [0.1, 0.15) is 11.1 Å². The van der Waals surface area contributed by atoms with Crippen LogP contribution in [-0.4, -0.2) is 41.4 Å². The van der Waals surface area contributed by atoms with Gasteiger partial charge in [0.25, 0.3) is 20.2 Å². The molecule has 0 saturated heterocycles. The van der Waals surface area contributed by atoms with Crippen molar-refractivity contribution in [3.63, 3.8) is 0 Å². The Morgan fingerprint density at radius 3 is 2.13 bits per heavy atom. The maximum atomic E-state index is 12.0. The Labute approximate surface area is 177 Å². The van der Waals surface area contributed by atoms with E-state index in [0.717, 1.165) is 0 Å². The van der Waals surface area contributed by atoms with E-state index >= 15 is 0 Å². The Bertz CT molecular complexity index is 1540. The van der Waals surface area contributed by atoms with Gasteiger partial charge in [0.05, 0.1) is 0 Å².